The van der Waals surface area contributed by atoms with Gasteiger partial charge in [0.05, 0.1) is 0 Å². The summed E-state index contributed by atoms with van der Waals surface area (Å²) in [5, 5.41) is 7.64. The summed E-state index contributed by atoms with van der Waals surface area (Å²) in [6.45, 7) is 8.24. The number of rotatable bonds is 5. The summed E-state index contributed by atoms with van der Waals surface area (Å²) >= 11 is 0. The monoisotopic (exact) mass is 220 g/mol. The molecule has 0 spiro atoms. The van der Waals surface area contributed by atoms with Crippen molar-refractivity contribution in [3.05, 3.63) is 24.0 Å². The van der Waals surface area contributed by atoms with E-state index in [1.54, 1.807) is 18.3 Å². The third-order valence-corrected chi connectivity index (χ3v) is 3.34. The minimum Gasteiger partial charge on any atom is -0.292 e. The van der Waals surface area contributed by atoms with Crippen LogP contribution in [0.1, 0.15) is 51.0 Å². The van der Waals surface area contributed by atoms with E-state index < -0.39 is 0 Å². The molecule has 0 saturated heterocycles. The lowest BCUT2D eigenvalue weighted by molar-refractivity contribution is 0.0741. The van der Waals surface area contributed by atoms with Crippen LogP contribution >= 0.6 is 0 Å². The Morgan fingerprint density at radius 1 is 1.50 bits per heavy atom. The molecule has 0 aliphatic carbocycles. The molecule has 1 aromatic rings. The number of carbonyl (C=O) groups excluding carboxylic acids is 1. The van der Waals surface area contributed by atoms with Gasteiger partial charge in [0.1, 0.15) is 5.69 Å². The number of Topliss-reactive ketones (excluding diaryl/α,β-unsaturated/α-hetero) is 1. The Morgan fingerprint density at radius 3 is 2.69 bits per heavy atom. The Hall–Kier alpha value is -1.25. The van der Waals surface area contributed by atoms with E-state index in [0.717, 1.165) is 12.8 Å². The Morgan fingerprint density at radius 2 is 2.19 bits per heavy atom. The summed E-state index contributed by atoms with van der Waals surface area (Å²) in [4.78, 5) is 12.3. The number of hydrogen-bond acceptors (Lipinski definition) is 3. The van der Waals surface area contributed by atoms with Crippen LogP contribution in [-0.4, -0.2) is 16.0 Å². The van der Waals surface area contributed by atoms with Crippen LogP contribution in [0.2, 0.25) is 0 Å². The summed E-state index contributed by atoms with van der Waals surface area (Å²) in [7, 11) is 0. The molecule has 0 N–H and O–H groups in total. The van der Waals surface area contributed by atoms with Gasteiger partial charge in [-0.1, -0.05) is 40.5 Å². The van der Waals surface area contributed by atoms with Crippen molar-refractivity contribution in [2.45, 2.75) is 40.5 Å². The Kier molecular flexibility index (Phi) is 4.16. The zero-order valence-corrected chi connectivity index (χ0v) is 10.5. The maximum Gasteiger partial charge on any atom is 0.188 e. The molecule has 0 aliphatic heterocycles. The number of hydrogen-bond donors (Lipinski definition) is 0. The topological polar surface area (TPSA) is 42.9 Å². The lowest BCUT2D eigenvalue weighted by Gasteiger charge is -2.29. The zero-order valence-electron chi connectivity index (χ0n) is 10.5. The van der Waals surface area contributed by atoms with Crippen LogP contribution in [-0.2, 0) is 0 Å². The van der Waals surface area contributed by atoms with Gasteiger partial charge in [0.25, 0.3) is 0 Å². The fourth-order valence-corrected chi connectivity index (χ4v) is 1.77. The average molecular weight is 220 g/mol. The van der Waals surface area contributed by atoms with Crippen LogP contribution in [0.5, 0.6) is 0 Å². The number of ketones is 1. The minimum absolute atomic E-state index is 0.0848. The highest BCUT2D eigenvalue weighted by Gasteiger charge is 2.34. The first kappa shape index (κ1) is 12.8. The van der Waals surface area contributed by atoms with E-state index in [2.05, 4.69) is 24.0 Å². The van der Waals surface area contributed by atoms with Gasteiger partial charge in [-0.2, -0.15) is 5.10 Å². The van der Waals surface area contributed by atoms with Crippen molar-refractivity contribution in [3.63, 3.8) is 0 Å². The quantitative estimate of drug-likeness (QED) is 0.716. The van der Waals surface area contributed by atoms with Crippen LogP contribution < -0.4 is 0 Å². The third kappa shape index (κ3) is 2.65. The van der Waals surface area contributed by atoms with Crippen molar-refractivity contribution in [2.75, 3.05) is 0 Å². The molecule has 3 nitrogen and oxygen atoms in total. The van der Waals surface area contributed by atoms with Crippen molar-refractivity contribution >= 4 is 5.78 Å². The van der Waals surface area contributed by atoms with Gasteiger partial charge in [-0.25, -0.2) is 0 Å². The van der Waals surface area contributed by atoms with Crippen molar-refractivity contribution in [1.29, 1.82) is 0 Å². The third-order valence-electron chi connectivity index (χ3n) is 3.34. The van der Waals surface area contributed by atoms with E-state index in [1.165, 1.54) is 0 Å². The lowest BCUT2D eigenvalue weighted by Crippen LogP contribution is -2.32. The molecule has 0 aliphatic rings. The summed E-state index contributed by atoms with van der Waals surface area (Å²) in [6, 6.07) is 3.48. The van der Waals surface area contributed by atoms with Crippen LogP contribution in [0.25, 0.3) is 0 Å². The van der Waals surface area contributed by atoms with Crippen LogP contribution in [0.3, 0.4) is 0 Å². The zero-order chi connectivity index (χ0) is 12.2. The standard InChI is InChI=1S/C13H20N2O/c1-5-7-10(2)13(3,4)12(16)11-8-6-9-14-15-11/h6,8-10H,5,7H2,1-4H3. The highest BCUT2D eigenvalue weighted by molar-refractivity contribution is 5.98. The molecule has 16 heavy (non-hydrogen) atoms. The van der Waals surface area contributed by atoms with E-state index >= 15 is 0 Å². The largest absolute Gasteiger partial charge is 0.292 e. The van der Waals surface area contributed by atoms with Crippen molar-refractivity contribution in [3.8, 4) is 0 Å². The second-order valence-electron chi connectivity index (χ2n) is 4.85. The van der Waals surface area contributed by atoms with Crippen LogP contribution in [0.15, 0.2) is 18.3 Å². The van der Waals surface area contributed by atoms with Gasteiger partial charge in [0, 0.05) is 11.6 Å². The van der Waals surface area contributed by atoms with Gasteiger partial charge in [0.2, 0.25) is 0 Å². The first-order chi connectivity index (χ1) is 7.50. The molecule has 0 saturated carbocycles. The molecule has 1 aromatic heterocycles. The normalized spacial score (nSPS) is 13.5. The number of aromatic nitrogens is 2. The average Bonchev–Trinajstić information content (AvgIpc) is 2.29. The molecule has 0 amide bonds. The predicted octanol–water partition coefficient (Wildman–Crippen LogP) is 3.12. The highest BCUT2D eigenvalue weighted by atomic mass is 16.1. The number of nitrogens with zero attached hydrogens (tertiary/aromatic N) is 2. The van der Waals surface area contributed by atoms with E-state index in [9.17, 15) is 4.79 Å². The fraction of sp³-hybridized carbons (Fsp3) is 0.615. The van der Waals surface area contributed by atoms with Gasteiger partial charge >= 0.3 is 0 Å². The SMILES string of the molecule is CCCC(C)C(C)(C)C(=O)c1cccnn1. The van der Waals surface area contributed by atoms with Crippen LogP contribution in [0, 0.1) is 11.3 Å². The molecule has 1 atom stereocenters. The predicted molar refractivity (Wildman–Crippen MR) is 64.2 cm³/mol. The smallest absolute Gasteiger partial charge is 0.188 e. The maximum atomic E-state index is 12.3. The molecule has 1 heterocycles. The van der Waals surface area contributed by atoms with Gasteiger partial charge in [-0.3, -0.25) is 4.79 Å². The van der Waals surface area contributed by atoms with Gasteiger partial charge in [-0.05, 0) is 18.1 Å². The molecule has 1 unspecified atom stereocenters. The summed E-state index contributed by atoms with van der Waals surface area (Å²) < 4.78 is 0. The van der Waals surface area contributed by atoms with Crippen molar-refractivity contribution in [2.24, 2.45) is 11.3 Å². The van der Waals surface area contributed by atoms with E-state index in [-0.39, 0.29) is 11.2 Å². The molecule has 0 radical (unpaired) electrons. The van der Waals surface area contributed by atoms with E-state index in [1.807, 2.05) is 13.8 Å². The van der Waals surface area contributed by atoms with Gasteiger partial charge in [0.15, 0.2) is 5.78 Å². The maximum absolute atomic E-state index is 12.3. The molecule has 3 heteroatoms. The molecule has 1 rings (SSSR count). The molecule has 0 aromatic carbocycles. The number of carbonyl (C=O) groups is 1. The molecular weight excluding hydrogens is 200 g/mol. The summed E-state index contributed by atoms with van der Waals surface area (Å²) in [5.41, 5.74) is 0.0990. The second-order valence-corrected chi connectivity index (χ2v) is 4.85. The summed E-state index contributed by atoms with van der Waals surface area (Å²) in [6.07, 6.45) is 3.73. The van der Waals surface area contributed by atoms with Crippen LogP contribution in [0.4, 0.5) is 0 Å². The molecule has 0 bridgehead atoms. The summed E-state index contributed by atoms with van der Waals surface area (Å²) in [5.74, 6) is 0.438. The Bertz CT molecular complexity index is 346. The van der Waals surface area contributed by atoms with Gasteiger partial charge in [-0.15, -0.1) is 5.10 Å². The van der Waals surface area contributed by atoms with E-state index in [4.69, 9.17) is 0 Å². The van der Waals surface area contributed by atoms with Gasteiger partial charge < -0.3 is 0 Å². The first-order valence-corrected chi connectivity index (χ1v) is 5.82. The second kappa shape index (κ2) is 5.19. The highest BCUT2D eigenvalue weighted by Crippen LogP contribution is 2.33. The molecule has 0 fully saturated rings. The lowest BCUT2D eigenvalue weighted by atomic mass is 9.73. The minimum atomic E-state index is -0.369. The van der Waals surface area contributed by atoms with Crippen molar-refractivity contribution < 1.29 is 4.79 Å². The fourth-order valence-electron chi connectivity index (χ4n) is 1.77. The molecule has 88 valence electrons. The Balaban J connectivity index is 2.88. The van der Waals surface area contributed by atoms with Crippen molar-refractivity contribution in [1.82, 2.24) is 10.2 Å². The molecular formula is C13H20N2O. The van der Waals surface area contributed by atoms with E-state index in [0.29, 0.717) is 11.6 Å². The first-order valence-electron chi connectivity index (χ1n) is 5.82. The Labute approximate surface area is 97.3 Å².